The van der Waals surface area contributed by atoms with Gasteiger partial charge >= 0.3 is 0 Å². The maximum Gasteiger partial charge on any atom is 0.255 e. The summed E-state index contributed by atoms with van der Waals surface area (Å²) in [6.07, 6.45) is 1.62. The zero-order valence-electron chi connectivity index (χ0n) is 12.5. The molecule has 0 radical (unpaired) electrons. The number of hydrogen-bond donors (Lipinski definition) is 1. The molecule has 1 aromatic carbocycles. The monoisotopic (exact) mass is 301 g/mol. The second kappa shape index (κ2) is 6.79. The Hall–Kier alpha value is -1.77. The third-order valence-electron chi connectivity index (χ3n) is 3.00. The van der Waals surface area contributed by atoms with Crippen molar-refractivity contribution in [2.24, 2.45) is 0 Å². The summed E-state index contributed by atoms with van der Waals surface area (Å²) in [6.45, 7) is 5.96. The zero-order valence-corrected chi connectivity index (χ0v) is 13.3. The third kappa shape index (κ3) is 3.87. The molecule has 0 aliphatic rings. The van der Waals surface area contributed by atoms with Gasteiger partial charge in [0.15, 0.2) is 0 Å². The predicted molar refractivity (Wildman–Crippen MR) is 84.0 cm³/mol. The van der Waals surface area contributed by atoms with Crippen molar-refractivity contribution in [2.75, 3.05) is 5.75 Å². The Kier molecular flexibility index (Phi) is 5.05. The molecule has 0 saturated heterocycles. The van der Waals surface area contributed by atoms with Gasteiger partial charge < -0.3 is 4.42 Å². The summed E-state index contributed by atoms with van der Waals surface area (Å²) in [6, 6.07) is 12.4. The van der Waals surface area contributed by atoms with Crippen molar-refractivity contribution in [1.82, 2.24) is 10.3 Å². The number of aromatic nitrogens is 1. The van der Waals surface area contributed by atoms with Crippen molar-refractivity contribution in [1.29, 1.82) is 5.26 Å². The second-order valence-electron chi connectivity index (χ2n) is 5.23. The van der Waals surface area contributed by atoms with Crippen LogP contribution in [-0.2, 0) is 5.54 Å². The summed E-state index contributed by atoms with van der Waals surface area (Å²) in [4.78, 5) is 4.28. The van der Waals surface area contributed by atoms with Gasteiger partial charge in [-0.15, -0.1) is 0 Å². The van der Waals surface area contributed by atoms with E-state index in [1.54, 1.807) is 6.26 Å². The number of nitriles is 1. The SMILES string of the molecule is Cc1coc(SCC(C#N)(NC(C)C)c2ccccc2)n1. The molecule has 2 aromatic rings. The predicted octanol–water partition coefficient (Wildman–Crippen LogP) is 3.49. The van der Waals surface area contributed by atoms with Crippen LogP contribution >= 0.6 is 11.8 Å². The maximum atomic E-state index is 9.79. The lowest BCUT2D eigenvalue weighted by atomic mass is 9.92. The van der Waals surface area contributed by atoms with Crippen molar-refractivity contribution >= 4 is 11.8 Å². The van der Waals surface area contributed by atoms with Gasteiger partial charge in [-0.25, -0.2) is 4.98 Å². The highest BCUT2D eigenvalue weighted by Gasteiger charge is 2.33. The Morgan fingerprint density at radius 2 is 2.10 bits per heavy atom. The van der Waals surface area contributed by atoms with E-state index in [0.717, 1.165) is 11.3 Å². The summed E-state index contributed by atoms with van der Waals surface area (Å²) >= 11 is 1.45. The normalized spacial score (nSPS) is 13.9. The van der Waals surface area contributed by atoms with Crippen molar-refractivity contribution < 1.29 is 4.42 Å². The molecule has 0 fully saturated rings. The fourth-order valence-electron chi connectivity index (χ4n) is 2.12. The first-order valence-electron chi connectivity index (χ1n) is 6.85. The minimum Gasteiger partial charge on any atom is -0.440 e. The molecule has 4 nitrogen and oxygen atoms in total. The van der Waals surface area contributed by atoms with Gasteiger partial charge in [-0.3, -0.25) is 5.32 Å². The Labute approximate surface area is 129 Å². The highest BCUT2D eigenvalue weighted by Crippen LogP contribution is 2.29. The molecule has 21 heavy (non-hydrogen) atoms. The van der Waals surface area contributed by atoms with Crippen LogP contribution in [0.2, 0.25) is 0 Å². The number of oxazole rings is 1. The van der Waals surface area contributed by atoms with E-state index < -0.39 is 5.54 Å². The van der Waals surface area contributed by atoms with Gasteiger partial charge in [0.05, 0.1) is 11.8 Å². The fraction of sp³-hybridized carbons (Fsp3) is 0.375. The lowest BCUT2D eigenvalue weighted by Crippen LogP contribution is -2.47. The van der Waals surface area contributed by atoms with Gasteiger partial charge in [-0.2, -0.15) is 5.26 Å². The van der Waals surface area contributed by atoms with Crippen LogP contribution in [0.1, 0.15) is 25.1 Å². The largest absolute Gasteiger partial charge is 0.440 e. The van der Waals surface area contributed by atoms with E-state index in [1.165, 1.54) is 11.8 Å². The van der Waals surface area contributed by atoms with Gasteiger partial charge in [0.25, 0.3) is 5.22 Å². The molecule has 0 aliphatic carbocycles. The van der Waals surface area contributed by atoms with Crippen LogP contribution in [0.25, 0.3) is 0 Å². The average Bonchev–Trinajstić information content (AvgIpc) is 2.90. The smallest absolute Gasteiger partial charge is 0.255 e. The van der Waals surface area contributed by atoms with Crippen molar-refractivity contribution in [3.63, 3.8) is 0 Å². The lowest BCUT2D eigenvalue weighted by Gasteiger charge is -2.30. The molecule has 0 spiro atoms. The molecule has 1 N–H and O–H groups in total. The summed E-state index contributed by atoms with van der Waals surface area (Å²) in [5, 5.41) is 13.8. The van der Waals surface area contributed by atoms with Gasteiger partial charge in [0.2, 0.25) is 0 Å². The Bertz CT molecular complexity index is 618. The molecule has 1 heterocycles. The minimum absolute atomic E-state index is 0.191. The minimum atomic E-state index is -0.761. The van der Waals surface area contributed by atoms with Crippen LogP contribution in [0.4, 0.5) is 0 Å². The summed E-state index contributed by atoms with van der Waals surface area (Å²) < 4.78 is 5.36. The number of rotatable bonds is 6. The fourth-order valence-corrected chi connectivity index (χ4v) is 3.10. The molecular weight excluding hydrogens is 282 g/mol. The number of nitrogens with zero attached hydrogens (tertiary/aromatic N) is 2. The molecule has 5 heteroatoms. The quantitative estimate of drug-likeness (QED) is 0.827. The Morgan fingerprint density at radius 1 is 1.38 bits per heavy atom. The molecule has 0 saturated carbocycles. The van der Waals surface area contributed by atoms with E-state index in [4.69, 9.17) is 4.42 Å². The number of thioether (sulfide) groups is 1. The van der Waals surface area contributed by atoms with E-state index in [-0.39, 0.29) is 6.04 Å². The van der Waals surface area contributed by atoms with Crippen LogP contribution in [0.15, 0.2) is 46.2 Å². The van der Waals surface area contributed by atoms with E-state index in [1.807, 2.05) is 51.1 Å². The molecular formula is C16H19N3OS. The molecule has 110 valence electrons. The first-order chi connectivity index (χ1) is 10.1. The number of nitrogens with one attached hydrogen (secondary N) is 1. The van der Waals surface area contributed by atoms with Crippen LogP contribution in [-0.4, -0.2) is 16.8 Å². The first kappa shape index (κ1) is 15.6. The van der Waals surface area contributed by atoms with Gasteiger partial charge in [-0.1, -0.05) is 42.1 Å². The Balaban J connectivity index is 2.25. The zero-order chi connectivity index (χ0) is 15.3. The number of hydrogen-bond acceptors (Lipinski definition) is 5. The van der Waals surface area contributed by atoms with Crippen LogP contribution < -0.4 is 5.32 Å². The third-order valence-corrected chi connectivity index (χ3v) is 4.01. The van der Waals surface area contributed by atoms with Crippen molar-refractivity contribution in [3.05, 3.63) is 47.9 Å². The van der Waals surface area contributed by atoms with E-state index in [0.29, 0.717) is 11.0 Å². The standard InChI is InChI=1S/C16H19N3OS/c1-12(2)19-16(10-17,14-7-5-4-6-8-14)11-21-15-18-13(3)9-20-15/h4-9,12,19H,11H2,1-3H3. The number of benzene rings is 1. The van der Waals surface area contributed by atoms with Crippen LogP contribution in [0, 0.1) is 18.3 Å². The van der Waals surface area contributed by atoms with Gasteiger partial charge in [0, 0.05) is 11.8 Å². The maximum absolute atomic E-state index is 9.79. The van der Waals surface area contributed by atoms with E-state index >= 15 is 0 Å². The first-order valence-corrected chi connectivity index (χ1v) is 7.84. The highest BCUT2D eigenvalue weighted by molar-refractivity contribution is 7.99. The van der Waals surface area contributed by atoms with Gasteiger partial charge in [-0.05, 0) is 26.3 Å². The van der Waals surface area contributed by atoms with E-state index in [2.05, 4.69) is 16.4 Å². The lowest BCUT2D eigenvalue weighted by molar-refractivity contribution is 0.419. The van der Waals surface area contributed by atoms with Crippen molar-refractivity contribution in [2.45, 2.75) is 37.6 Å². The summed E-state index contributed by atoms with van der Waals surface area (Å²) in [5.41, 5.74) is 1.04. The van der Waals surface area contributed by atoms with Crippen LogP contribution in [0.3, 0.4) is 0 Å². The molecule has 2 rings (SSSR count). The summed E-state index contributed by atoms with van der Waals surface area (Å²) in [5.74, 6) is 0.533. The van der Waals surface area contributed by atoms with Gasteiger partial charge in [0.1, 0.15) is 11.8 Å². The van der Waals surface area contributed by atoms with Crippen molar-refractivity contribution in [3.8, 4) is 6.07 Å². The molecule has 0 aliphatic heterocycles. The molecule has 0 amide bonds. The average molecular weight is 301 g/mol. The molecule has 1 atom stereocenters. The Morgan fingerprint density at radius 3 is 2.62 bits per heavy atom. The second-order valence-corrected chi connectivity index (χ2v) is 6.15. The van der Waals surface area contributed by atoms with E-state index in [9.17, 15) is 5.26 Å². The summed E-state index contributed by atoms with van der Waals surface area (Å²) in [7, 11) is 0. The highest BCUT2D eigenvalue weighted by atomic mass is 32.2. The molecule has 1 aromatic heterocycles. The van der Waals surface area contributed by atoms with Crippen LogP contribution in [0.5, 0.6) is 0 Å². The molecule has 0 bridgehead atoms. The topological polar surface area (TPSA) is 61.9 Å². The number of aryl methyl sites for hydroxylation is 1. The molecule has 1 unspecified atom stereocenters.